The maximum atomic E-state index is 13.7. The van der Waals surface area contributed by atoms with E-state index in [1.807, 2.05) is 12.1 Å². The van der Waals surface area contributed by atoms with Crippen molar-refractivity contribution in [3.63, 3.8) is 0 Å². The highest BCUT2D eigenvalue weighted by Crippen LogP contribution is 2.46. The van der Waals surface area contributed by atoms with E-state index in [1.165, 1.54) is 31.2 Å². The third-order valence-electron chi connectivity index (χ3n) is 12.0. The van der Waals surface area contributed by atoms with Gasteiger partial charge >= 0.3 is 10.1 Å². The summed E-state index contributed by atoms with van der Waals surface area (Å²) in [4.78, 5) is 23.9. The fraction of sp³-hybridized carbons (Fsp3) is 0.375. The van der Waals surface area contributed by atoms with Crippen LogP contribution in [0.1, 0.15) is 97.8 Å². The number of azo groups is 1. The molecule has 0 aliphatic heterocycles. The van der Waals surface area contributed by atoms with Crippen molar-refractivity contribution in [3.8, 4) is 28.7 Å². The zero-order chi connectivity index (χ0) is 53.0. The molecule has 0 heterocycles. The highest BCUT2D eigenvalue weighted by Gasteiger charge is 2.31. The molecule has 71 heavy (non-hydrogen) atoms. The Hall–Kier alpha value is -6.04. The average molecular weight is 1060 g/mol. The first-order valence-electron chi connectivity index (χ1n) is 22.2. The van der Waals surface area contributed by atoms with E-state index in [1.54, 1.807) is 6.92 Å². The van der Waals surface area contributed by atoms with Crippen LogP contribution in [0.2, 0.25) is 5.02 Å². The van der Waals surface area contributed by atoms with E-state index < -0.39 is 81.0 Å². The SMILES string of the molecule is CCC(Oc1ccc(C(C)(C)CC)cc1C(C)(C)CC)C(=O)Nc1cc(OS(=O)(=O)CCCOc2ccc(N=Nc3c(S(=O)(=O)O)cc4cc(S(=O)(=O)O)cc(NC(C)=O)c4c3O)cc2)c(C)c(Cl)c1O. The van der Waals surface area contributed by atoms with E-state index in [-0.39, 0.29) is 80.2 Å². The van der Waals surface area contributed by atoms with Crippen molar-refractivity contribution in [2.24, 2.45) is 10.2 Å². The maximum absolute atomic E-state index is 13.7. The third-order valence-corrected chi connectivity index (χ3v) is 15.4. The second-order valence-corrected chi connectivity index (χ2v) is 22.8. The summed E-state index contributed by atoms with van der Waals surface area (Å²) in [6.45, 7) is 16.9. The van der Waals surface area contributed by atoms with Crippen molar-refractivity contribution >= 4 is 87.3 Å². The van der Waals surface area contributed by atoms with E-state index in [0.29, 0.717) is 5.75 Å². The number of carbonyl (C=O) groups excluding carboxylic acids is 2. The number of anilines is 2. The summed E-state index contributed by atoms with van der Waals surface area (Å²) in [6, 6.07) is 15.2. The number of benzene rings is 5. The predicted molar refractivity (Wildman–Crippen MR) is 269 cm³/mol. The lowest BCUT2D eigenvalue weighted by Crippen LogP contribution is -2.33. The van der Waals surface area contributed by atoms with Crippen LogP contribution in [0.5, 0.6) is 28.7 Å². The number of amides is 2. The molecule has 6 N–H and O–H groups in total. The second kappa shape index (κ2) is 21.8. The monoisotopic (exact) mass is 1060 g/mol. The zero-order valence-corrected chi connectivity index (χ0v) is 43.7. The lowest BCUT2D eigenvalue weighted by atomic mass is 9.76. The van der Waals surface area contributed by atoms with E-state index in [0.717, 1.165) is 55.2 Å². The maximum Gasteiger partial charge on any atom is 0.309 e. The first kappa shape index (κ1) is 55.9. The van der Waals surface area contributed by atoms with Gasteiger partial charge in [0.2, 0.25) is 5.91 Å². The minimum atomic E-state index is -5.14. The molecule has 384 valence electrons. The minimum absolute atomic E-state index is 0.0621. The predicted octanol–water partition coefficient (Wildman–Crippen LogP) is 10.4. The molecule has 0 aliphatic rings. The minimum Gasteiger partial charge on any atom is -0.505 e. The average Bonchev–Trinajstić information content (AvgIpc) is 3.29. The van der Waals surface area contributed by atoms with Crippen molar-refractivity contribution in [1.82, 2.24) is 0 Å². The van der Waals surface area contributed by atoms with E-state index in [4.69, 9.17) is 25.3 Å². The van der Waals surface area contributed by atoms with Gasteiger partial charge in [-0.1, -0.05) is 72.2 Å². The highest BCUT2D eigenvalue weighted by atomic mass is 35.5. The van der Waals surface area contributed by atoms with Crippen LogP contribution < -0.4 is 24.3 Å². The van der Waals surface area contributed by atoms with Gasteiger partial charge in [0.25, 0.3) is 26.1 Å². The molecule has 0 aliphatic carbocycles. The standard InChI is InChI=1S/C48H57ClN4O15S3/c1-10-37(67-38-19-14-30(47(6,7)11-2)24-34(38)48(8,9)12-3)46(57)51-36-26-39(27(4)42(49)44(36)55)68-69(58,59)21-13-20-66-32-17-15-31(16-18-32)52-53-43-40(71(63,64)65)23-29-22-33(70(60,61)62)25-35(50-28(5)54)41(29)45(43)56/h14-19,22-26,37,55-56H,10-13,20-21H2,1-9H3,(H,50,54)(H,51,57)(H,60,61,62)(H,63,64,65). The number of halogens is 1. The van der Waals surface area contributed by atoms with Crippen LogP contribution in [0.15, 0.2) is 86.7 Å². The molecule has 0 bridgehead atoms. The number of nitrogens with zero attached hydrogens (tertiary/aromatic N) is 2. The van der Waals surface area contributed by atoms with Crippen LogP contribution in [-0.2, 0) is 50.8 Å². The summed E-state index contributed by atoms with van der Waals surface area (Å²) in [7, 11) is -14.3. The number of nitrogens with one attached hydrogen (secondary N) is 2. The van der Waals surface area contributed by atoms with Crippen LogP contribution in [0, 0.1) is 6.92 Å². The van der Waals surface area contributed by atoms with Crippen LogP contribution in [0.25, 0.3) is 10.8 Å². The summed E-state index contributed by atoms with van der Waals surface area (Å²) >= 11 is 6.42. The van der Waals surface area contributed by atoms with E-state index in [9.17, 15) is 54.2 Å². The van der Waals surface area contributed by atoms with Gasteiger partial charge in [-0.25, -0.2) is 0 Å². The molecule has 0 saturated carbocycles. The van der Waals surface area contributed by atoms with Gasteiger partial charge in [0.1, 0.15) is 27.8 Å². The number of phenols is 2. The van der Waals surface area contributed by atoms with Crippen LogP contribution >= 0.6 is 11.6 Å². The van der Waals surface area contributed by atoms with Crippen molar-refractivity contribution in [2.75, 3.05) is 23.0 Å². The van der Waals surface area contributed by atoms with Gasteiger partial charge in [-0.2, -0.15) is 30.4 Å². The molecule has 5 aromatic rings. The number of hydrogen-bond donors (Lipinski definition) is 6. The Labute approximate surface area is 418 Å². The van der Waals surface area contributed by atoms with Crippen molar-refractivity contribution in [2.45, 2.75) is 115 Å². The Morgan fingerprint density at radius 3 is 2.00 bits per heavy atom. The molecule has 0 saturated heterocycles. The molecular weight excluding hydrogens is 1000 g/mol. The number of fused-ring (bicyclic) bond motifs is 1. The fourth-order valence-electron chi connectivity index (χ4n) is 7.07. The number of carbonyl (C=O) groups is 2. The van der Waals surface area contributed by atoms with Crippen LogP contribution in [0.3, 0.4) is 0 Å². The number of aromatic hydroxyl groups is 2. The molecule has 5 rings (SSSR count). The molecule has 2 amide bonds. The fourth-order valence-corrected chi connectivity index (χ4v) is 9.47. The van der Waals surface area contributed by atoms with Crippen molar-refractivity contribution < 1.29 is 67.8 Å². The van der Waals surface area contributed by atoms with Gasteiger partial charge in [0.15, 0.2) is 17.6 Å². The van der Waals surface area contributed by atoms with Gasteiger partial charge in [0.05, 0.1) is 39.3 Å². The lowest BCUT2D eigenvalue weighted by Gasteiger charge is -2.31. The topological polar surface area (TPSA) is 294 Å². The van der Waals surface area contributed by atoms with Crippen LogP contribution in [-0.4, -0.2) is 74.9 Å². The van der Waals surface area contributed by atoms with E-state index >= 15 is 0 Å². The first-order chi connectivity index (χ1) is 32.9. The Morgan fingerprint density at radius 1 is 0.775 bits per heavy atom. The third kappa shape index (κ3) is 13.5. The molecule has 19 nitrogen and oxygen atoms in total. The summed E-state index contributed by atoms with van der Waals surface area (Å²) in [5, 5.41) is 34.0. The first-order valence-corrected chi connectivity index (χ1v) is 27.0. The van der Waals surface area contributed by atoms with Crippen LogP contribution in [0.4, 0.5) is 22.7 Å². The Balaban J connectivity index is 1.26. The van der Waals surface area contributed by atoms with Gasteiger partial charge < -0.3 is 34.5 Å². The summed E-state index contributed by atoms with van der Waals surface area (Å²) in [6.07, 6.45) is 0.910. The molecule has 0 aromatic heterocycles. The molecular formula is C48H57ClN4O15S3. The number of rotatable bonds is 21. The number of hydrogen-bond acceptors (Lipinski definition) is 15. The molecule has 1 unspecified atom stereocenters. The van der Waals surface area contributed by atoms with E-state index in [2.05, 4.69) is 68.5 Å². The Bertz CT molecular complexity index is 3230. The molecule has 0 radical (unpaired) electrons. The highest BCUT2D eigenvalue weighted by molar-refractivity contribution is 7.87. The Morgan fingerprint density at radius 2 is 1.42 bits per heavy atom. The largest absolute Gasteiger partial charge is 0.505 e. The summed E-state index contributed by atoms with van der Waals surface area (Å²) in [5.41, 5.74) is 0.601. The molecule has 0 fully saturated rings. The van der Waals surface area contributed by atoms with Gasteiger partial charge in [0, 0.05) is 29.5 Å². The normalized spacial score (nSPS) is 13.0. The molecule has 23 heteroatoms. The lowest BCUT2D eigenvalue weighted by molar-refractivity contribution is -0.123. The smallest absolute Gasteiger partial charge is 0.309 e. The number of ether oxygens (including phenoxy) is 2. The van der Waals surface area contributed by atoms with Gasteiger partial charge in [-0.05, 0) is 103 Å². The summed E-state index contributed by atoms with van der Waals surface area (Å²) < 4.78 is 112. The number of phenolic OH excluding ortho intramolecular Hbond substituents is 2. The molecule has 0 spiro atoms. The Kier molecular flexibility index (Phi) is 17.1. The zero-order valence-electron chi connectivity index (χ0n) is 40.4. The van der Waals surface area contributed by atoms with Crippen molar-refractivity contribution in [3.05, 3.63) is 88.4 Å². The summed E-state index contributed by atoms with van der Waals surface area (Å²) in [5.74, 6) is -2.70. The van der Waals surface area contributed by atoms with Crippen molar-refractivity contribution in [1.29, 1.82) is 0 Å². The van der Waals surface area contributed by atoms with Gasteiger partial charge in [-0.3, -0.25) is 18.7 Å². The van der Waals surface area contributed by atoms with Gasteiger partial charge in [-0.15, -0.1) is 5.11 Å². The molecule has 5 aromatic carbocycles. The second-order valence-electron chi connectivity index (χ2n) is 17.9. The molecule has 1 atom stereocenters. The quantitative estimate of drug-likeness (QED) is 0.0131.